The molecule has 0 N–H and O–H groups in total. The van der Waals surface area contributed by atoms with Gasteiger partial charge in [-0.2, -0.15) is 0 Å². The Bertz CT molecular complexity index is 729. The van der Waals surface area contributed by atoms with Crippen molar-refractivity contribution in [1.29, 1.82) is 0 Å². The van der Waals surface area contributed by atoms with Gasteiger partial charge in [-0.05, 0) is 61.2 Å². The predicted molar refractivity (Wildman–Crippen MR) is 102 cm³/mol. The highest BCUT2D eigenvalue weighted by molar-refractivity contribution is 5.44. The van der Waals surface area contributed by atoms with Gasteiger partial charge in [-0.15, -0.1) is 0 Å². The number of fused-ring (bicyclic) bond motifs is 1. The van der Waals surface area contributed by atoms with Gasteiger partial charge in [-0.25, -0.2) is 0 Å². The molecule has 0 saturated carbocycles. The Balaban J connectivity index is 1.43. The molecule has 0 bridgehead atoms. The molecule has 0 unspecified atom stereocenters. The molecule has 2 aliphatic rings. The standard InChI is InChI=1S/C22H27NO3/c1-24-19-8-5-17(6-9-19)11-13-23-12-2-4-20(23)18-7-10-21-22(16-18)26-15-3-14-25-21/h5-10,16,20H,2-4,11-15H2,1H3/t20-/m1/s1. The second-order valence-corrected chi connectivity index (χ2v) is 7.05. The van der Waals surface area contributed by atoms with E-state index < -0.39 is 0 Å². The van der Waals surface area contributed by atoms with Crippen LogP contribution in [0, 0.1) is 0 Å². The third-order valence-corrected chi connectivity index (χ3v) is 5.37. The van der Waals surface area contributed by atoms with Crippen LogP contribution in [0.15, 0.2) is 42.5 Å². The van der Waals surface area contributed by atoms with E-state index in [0.717, 1.165) is 56.4 Å². The molecule has 2 aliphatic heterocycles. The molecule has 2 aromatic rings. The lowest BCUT2D eigenvalue weighted by Gasteiger charge is -2.25. The van der Waals surface area contributed by atoms with Gasteiger partial charge >= 0.3 is 0 Å². The topological polar surface area (TPSA) is 30.9 Å². The number of benzene rings is 2. The van der Waals surface area contributed by atoms with Crippen LogP contribution < -0.4 is 14.2 Å². The molecule has 2 aromatic carbocycles. The van der Waals surface area contributed by atoms with E-state index in [1.54, 1.807) is 7.11 Å². The van der Waals surface area contributed by atoms with Crippen molar-refractivity contribution in [3.05, 3.63) is 53.6 Å². The quantitative estimate of drug-likeness (QED) is 0.805. The maximum atomic E-state index is 5.88. The van der Waals surface area contributed by atoms with Crippen molar-refractivity contribution in [2.45, 2.75) is 31.7 Å². The first-order valence-corrected chi connectivity index (χ1v) is 9.60. The van der Waals surface area contributed by atoms with Crippen LogP contribution in [-0.2, 0) is 6.42 Å². The van der Waals surface area contributed by atoms with Crippen LogP contribution in [0.2, 0.25) is 0 Å². The van der Waals surface area contributed by atoms with Gasteiger partial charge in [0.1, 0.15) is 5.75 Å². The average molecular weight is 353 g/mol. The van der Waals surface area contributed by atoms with Crippen LogP contribution in [-0.4, -0.2) is 38.3 Å². The van der Waals surface area contributed by atoms with E-state index in [1.807, 2.05) is 12.1 Å². The number of rotatable bonds is 5. The minimum atomic E-state index is 0.477. The summed E-state index contributed by atoms with van der Waals surface area (Å²) in [6.45, 7) is 3.72. The summed E-state index contributed by atoms with van der Waals surface area (Å²) in [7, 11) is 1.71. The van der Waals surface area contributed by atoms with Crippen LogP contribution in [0.4, 0.5) is 0 Å². The average Bonchev–Trinajstić information content (AvgIpc) is 3.03. The van der Waals surface area contributed by atoms with Crippen molar-refractivity contribution in [2.24, 2.45) is 0 Å². The third kappa shape index (κ3) is 3.80. The summed E-state index contributed by atoms with van der Waals surface area (Å²) in [5.74, 6) is 2.70. The molecular formula is C22H27NO3. The van der Waals surface area contributed by atoms with E-state index in [-0.39, 0.29) is 0 Å². The van der Waals surface area contributed by atoms with Crippen molar-refractivity contribution in [3.8, 4) is 17.2 Å². The molecule has 0 spiro atoms. The Labute approximate surface area is 155 Å². The Hall–Kier alpha value is -2.20. The lowest BCUT2D eigenvalue weighted by molar-refractivity contribution is 0.259. The lowest BCUT2D eigenvalue weighted by atomic mass is 10.0. The molecule has 4 rings (SSSR count). The molecule has 0 amide bonds. The highest BCUT2D eigenvalue weighted by Gasteiger charge is 2.26. The molecule has 1 saturated heterocycles. The second kappa shape index (κ2) is 8.00. The van der Waals surface area contributed by atoms with E-state index in [0.29, 0.717) is 6.04 Å². The SMILES string of the molecule is COc1ccc(CCN2CCC[C@@H]2c2ccc3c(c2)OCCCO3)cc1. The lowest BCUT2D eigenvalue weighted by Crippen LogP contribution is -2.25. The Morgan fingerprint density at radius 1 is 1.00 bits per heavy atom. The Kier molecular flexibility index (Phi) is 5.30. The predicted octanol–water partition coefficient (Wildman–Crippen LogP) is 4.24. The van der Waals surface area contributed by atoms with E-state index in [9.17, 15) is 0 Å². The molecule has 4 nitrogen and oxygen atoms in total. The summed E-state index contributed by atoms with van der Waals surface area (Å²) in [6, 6.07) is 15.4. The molecule has 4 heteroatoms. The fraction of sp³-hybridized carbons (Fsp3) is 0.455. The van der Waals surface area contributed by atoms with E-state index in [1.165, 1.54) is 24.0 Å². The zero-order valence-electron chi connectivity index (χ0n) is 15.4. The smallest absolute Gasteiger partial charge is 0.161 e. The van der Waals surface area contributed by atoms with Gasteiger partial charge in [-0.3, -0.25) is 4.90 Å². The fourth-order valence-electron chi connectivity index (χ4n) is 3.92. The third-order valence-electron chi connectivity index (χ3n) is 5.37. The minimum Gasteiger partial charge on any atom is -0.497 e. The van der Waals surface area contributed by atoms with Crippen LogP contribution in [0.25, 0.3) is 0 Å². The molecule has 0 aromatic heterocycles. The van der Waals surface area contributed by atoms with Crippen LogP contribution in [0.5, 0.6) is 17.2 Å². The summed E-state index contributed by atoms with van der Waals surface area (Å²) >= 11 is 0. The highest BCUT2D eigenvalue weighted by Crippen LogP contribution is 2.37. The van der Waals surface area contributed by atoms with E-state index in [2.05, 4.69) is 35.2 Å². The van der Waals surface area contributed by atoms with Gasteiger partial charge in [-0.1, -0.05) is 18.2 Å². The largest absolute Gasteiger partial charge is 0.497 e. The summed E-state index contributed by atoms with van der Waals surface area (Å²) in [5, 5.41) is 0. The molecule has 1 fully saturated rings. The van der Waals surface area contributed by atoms with Gasteiger partial charge in [0, 0.05) is 19.0 Å². The van der Waals surface area contributed by atoms with E-state index >= 15 is 0 Å². The second-order valence-electron chi connectivity index (χ2n) is 7.05. The number of likely N-dealkylation sites (tertiary alicyclic amines) is 1. The Morgan fingerprint density at radius 2 is 1.81 bits per heavy atom. The minimum absolute atomic E-state index is 0.477. The molecule has 1 atom stereocenters. The molecule has 138 valence electrons. The van der Waals surface area contributed by atoms with Crippen molar-refractivity contribution in [3.63, 3.8) is 0 Å². The first kappa shape index (κ1) is 17.2. The van der Waals surface area contributed by atoms with Gasteiger partial charge in [0.05, 0.1) is 20.3 Å². The first-order valence-electron chi connectivity index (χ1n) is 9.60. The maximum Gasteiger partial charge on any atom is 0.161 e. The monoisotopic (exact) mass is 353 g/mol. The van der Waals surface area contributed by atoms with Crippen molar-refractivity contribution < 1.29 is 14.2 Å². The number of methoxy groups -OCH3 is 1. The molecule has 2 heterocycles. The van der Waals surface area contributed by atoms with Crippen molar-refractivity contribution in [1.82, 2.24) is 4.90 Å². The molecular weight excluding hydrogens is 326 g/mol. The summed E-state index contributed by atoms with van der Waals surface area (Å²) < 4.78 is 16.9. The summed E-state index contributed by atoms with van der Waals surface area (Å²) in [5.41, 5.74) is 2.71. The number of hydrogen-bond donors (Lipinski definition) is 0. The summed E-state index contributed by atoms with van der Waals surface area (Å²) in [6.07, 6.45) is 4.47. The molecule has 26 heavy (non-hydrogen) atoms. The van der Waals surface area contributed by atoms with Crippen molar-refractivity contribution in [2.75, 3.05) is 33.4 Å². The van der Waals surface area contributed by atoms with Crippen LogP contribution >= 0.6 is 0 Å². The first-order chi connectivity index (χ1) is 12.8. The van der Waals surface area contributed by atoms with Crippen LogP contribution in [0.1, 0.15) is 36.4 Å². The summed E-state index contributed by atoms with van der Waals surface area (Å²) in [4.78, 5) is 2.60. The van der Waals surface area contributed by atoms with Crippen molar-refractivity contribution >= 4 is 0 Å². The Morgan fingerprint density at radius 3 is 2.62 bits per heavy atom. The number of nitrogens with zero attached hydrogens (tertiary/aromatic N) is 1. The van der Waals surface area contributed by atoms with Crippen LogP contribution in [0.3, 0.4) is 0 Å². The van der Waals surface area contributed by atoms with Gasteiger partial charge < -0.3 is 14.2 Å². The zero-order valence-corrected chi connectivity index (χ0v) is 15.4. The highest BCUT2D eigenvalue weighted by atomic mass is 16.5. The zero-order chi connectivity index (χ0) is 17.8. The normalized spacial score (nSPS) is 20.0. The fourth-order valence-corrected chi connectivity index (χ4v) is 3.92. The molecule has 0 radical (unpaired) electrons. The van der Waals surface area contributed by atoms with E-state index in [4.69, 9.17) is 14.2 Å². The van der Waals surface area contributed by atoms with Gasteiger partial charge in [0.2, 0.25) is 0 Å². The van der Waals surface area contributed by atoms with Gasteiger partial charge in [0.15, 0.2) is 11.5 Å². The maximum absolute atomic E-state index is 5.88. The number of hydrogen-bond acceptors (Lipinski definition) is 4. The molecule has 0 aliphatic carbocycles. The van der Waals surface area contributed by atoms with Gasteiger partial charge in [0.25, 0.3) is 0 Å². The number of ether oxygens (including phenoxy) is 3.